The van der Waals surface area contributed by atoms with E-state index in [1.54, 1.807) is 9.80 Å². The van der Waals surface area contributed by atoms with Crippen molar-refractivity contribution in [3.8, 4) is 0 Å². The van der Waals surface area contributed by atoms with E-state index in [4.69, 9.17) is 14.6 Å². The number of carbonyl (C=O) groups excluding carboxylic acids is 2. The van der Waals surface area contributed by atoms with E-state index in [0.717, 1.165) is 18.4 Å². The largest absolute Gasteiger partial charge is 0.449 e. The van der Waals surface area contributed by atoms with Crippen molar-refractivity contribution in [2.24, 2.45) is 0 Å². The highest BCUT2D eigenvalue weighted by atomic mass is 16.6. The first-order valence-corrected chi connectivity index (χ1v) is 9.65. The molecule has 0 aliphatic carbocycles. The molecule has 0 spiro atoms. The number of carbonyl (C=O) groups is 2. The van der Waals surface area contributed by atoms with Crippen molar-refractivity contribution in [1.82, 2.24) is 9.80 Å². The van der Waals surface area contributed by atoms with Crippen LogP contribution in [0.2, 0.25) is 0 Å². The van der Waals surface area contributed by atoms with E-state index in [1.165, 1.54) is 0 Å². The topological polar surface area (TPSA) is 79.3 Å². The van der Waals surface area contributed by atoms with E-state index in [2.05, 4.69) is 0 Å². The predicted molar refractivity (Wildman–Crippen MR) is 101 cm³/mol. The number of amides is 2. The molecule has 0 bridgehead atoms. The van der Waals surface area contributed by atoms with Gasteiger partial charge in [0.25, 0.3) is 0 Å². The van der Waals surface area contributed by atoms with E-state index in [9.17, 15) is 9.59 Å². The van der Waals surface area contributed by atoms with Crippen LogP contribution in [0.1, 0.15) is 38.2 Å². The van der Waals surface area contributed by atoms with Gasteiger partial charge in [0, 0.05) is 26.2 Å². The summed E-state index contributed by atoms with van der Waals surface area (Å²) in [4.78, 5) is 28.0. The lowest BCUT2D eigenvalue weighted by Gasteiger charge is -2.28. The molecule has 0 aromatic heterocycles. The lowest BCUT2D eigenvalue weighted by Crippen LogP contribution is -2.43. The molecule has 2 rings (SSSR count). The molecule has 150 valence electrons. The maximum absolute atomic E-state index is 12.6. The normalized spacial score (nSPS) is 16.2. The second-order valence-electron chi connectivity index (χ2n) is 6.67. The summed E-state index contributed by atoms with van der Waals surface area (Å²) in [6.45, 7) is 4.04. The van der Waals surface area contributed by atoms with Gasteiger partial charge in [-0.3, -0.25) is 0 Å². The van der Waals surface area contributed by atoms with Crippen LogP contribution in [-0.4, -0.2) is 66.0 Å². The molecule has 7 nitrogen and oxygen atoms in total. The molecular formula is C20H30N2O5. The molecule has 7 heteroatoms. The van der Waals surface area contributed by atoms with Gasteiger partial charge in [-0.1, -0.05) is 43.7 Å². The molecular weight excluding hydrogens is 348 g/mol. The fourth-order valence-corrected chi connectivity index (χ4v) is 3.02. The summed E-state index contributed by atoms with van der Waals surface area (Å²) in [5, 5.41) is 9.15. The van der Waals surface area contributed by atoms with Crippen LogP contribution in [0.4, 0.5) is 9.59 Å². The molecule has 27 heavy (non-hydrogen) atoms. The number of benzene rings is 1. The van der Waals surface area contributed by atoms with Gasteiger partial charge in [-0.05, 0) is 24.8 Å². The Morgan fingerprint density at radius 1 is 1.22 bits per heavy atom. The Morgan fingerprint density at radius 3 is 2.70 bits per heavy atom. The first kappa shape index (κ1) is 21.0. The number of hydrogen-bond acceptors (Lipinski definition) is 5. The quantitative estimate of drug-likeness (QED) is 0.668. The smallest absolute Gasteiger partial charge is 0.410 e. The van der Waals surface area contributed by atoms with Gasteiger partial charge in [0.2, 0.25) is 0 Å². The number of aliphatic hydroxyl groups is 1. The Kier molecular flexibility index (Phi) is 8.91. The zero-order valence-corrected chi connectivity index (χ0v) is 16.0. The highest BCUT2D eigenvalue weighted by Crippen LogP contribution is 2.19. The van der Waals surface area contributed by atoms with Crippen LogP contribution in [0.5, 0.6) is 0 Å². The van der Waals surface area contributed by atoms with E-state index >= 15 is 0 Å². The molecule has 1 aromatic carbocycles. The van der Waals surface area contributed by atoms with Crippen LogP contribution in [0.3, 0.4) is 0 Å². The van der Waals surface area contributed by atoms with E-state index in [-0.39, 0.29) is 25.3 Å². The minimum Gasteiger partial charge on any atom is -0.449 e. The molecule has 1 atom stereocenters. The third kappa shape index (κ3) is 6.75. The highest BCUT2D eigenvalue weighted by molar-refractivity contribution is 5.70. The van der Waals surface area contributed by atoms with Crippen LogP contribution in [0.15, 0.2) is 30.3 Å². The molecule has 1 saturated heterocycles. The van der Waals surface area contributed by atoms with Gasteiger partial charge in [-0.25, -0.2) is 9.59 Å². The van der Waals surface area contributed by atoms with Crippen LogP contribution in [0.25, 0.3) is 0 Å². The van der Waals surface area contributed by atoms with Crippen LogP contribution < -0.4 is 0 Å². The molecule has 0 radical (unpaired) electrons. The third-order valence-corrected chi connectivity index (χ3v) is 4.58. The van der Waals surface area contributed by atoms with Crippen LogP contribution in [0, 0.1) is 0 Å². The van der Waals surface area contributed by atoms with E-state index in [1.807, 2.05) is 37.3 Å². The molecule has 1 aliphatic heterocycles. The maximum Gasteiger partial charge on any atom is 0.410 e. The number of ether oxygens (including phenoxy) is 2. The van der Waals surface area contributed by atoms with Gasteiger partial charge < -0.3 is 24.4 Å². The molecule has 1 fully saturated rings. The monoisotopic (exact) mass is 378 g/mol. The Bertz CT molecular complexity index is 581. The number of likely N-dealkylation sites (tertiary alicyclic amines) is 1. The summed E-state index contributed by atoms with van der Waals surface area (Å²) in [5.41, 5.74) is 0.917. The second-order valence-corrected chi connectivity index (χ2v) is 6.67. The van der Waals surface area contributed by atoms with Crippen molar-refractivity contribution in [2.75, 3.05) is 32.8 Å². The molecule has 0 saturated carbocycles. The first-order valence-electron chi connectivity index (χ1n) is 9.65. The van der Waals surface area contributed by atoms with Crippen molar-refractivity contribution in [3.05, 3.63) is 35.9 Å². The average molecular weight is 378 g/mol. The summed E-state index contributed by atoms with van der Waals surface area (Å²) >= 11 is 0. The number of rotatable bonds is 9. The van der Waals surface area contributed by atoms with Crippen molar-refractivity contribution < 1.29 is 24.2 Å². The Labute approximate surface area is 160 Å². The lowest BCUT2D eigenvalue weighted by atomic mass is 10.2. The fraction of sp³-hybridized carbons (Fsp3) is 0.600. The number of hydrogen-bond donors (Lipinski definition) is 1. The van der Waals surface area contributed by atoms with Gasteiger partial charge in [0.1, 0.15) is 6.61 Å². The van der Waals surface area contributed by atoms with E-state index in [0.29, 0.717) is 39.1 Å². The highest BCUT2D eigenvalue weighted by Gasteiger charge is 2.34. The van der Waals surface area contributed by atoms with Gasteiger partial charge in [-0.15, -0.1) is 0 Å². The summed E-state index contributed by atoms with van der Waals surface area (Å²) in [5.74, 6) is 0. The summed E-state index contributed by atoms with van der Waals surface area (Å²) in [7, 11) is 0. The van der Waals surface area contributed by atoms with Gasteiger partial charge in [0.15, 0.2) is 0 Å². The van der Waals surface area contributed by atoms with Crippen LogP contribution in [-0.2, 0) is 16.1 Å². The molecule has 1 aromatic rings. The van der Waals surface area contributed by atoms with E-state index < -0.39 is 6.09 Å². The lowest BCUT2D eigenvalue weighted by molar-refractivity contribution is 0.0751. The average Bonchev–Trinajstić information content (AvgIpc) is 3.17. The standard InChI is InChI=1S/C20H30N2O5/c1-2-3-14-26-19(24)21-12-10-18(15-21)22(11-7-13-23)20(25)27-16-17-8-5-4-6-9-17/h4-6,8-9,18,23H,2-3,7,10-16H2,1H3. The second kappa shape index (κ2) is 11.4. The Hall–Kier alpha value is -2.28. The summed E-state index contributed by atoms with van der Waals surface area (Å²) in [6, 6.07) is 9.37. The van der Waals surface area contributed by atoms with Crippen molar-refractivity contribution in [1.29, 1.82) is 0 Å². The molecule has 1 aliphatic rings. The van der Waals surface area contributed by atoms with Crippen molar-refractivity contribution >= 4 is 12.2 Å². The molecule has 2 amide bonds. The molecule has 1 unspecified atom stereocenters. The fourth-order valence-electron chi connectivity index (χ4n) is 3.02. The van der Waals surface area contributed by atoms with Gasteiger partial charge in [0.05, 0.1) is 12.6 Å². The first-order chi connectivity index (χ1) is 13.2. The van der Waals surface area contributed by atoms with Gasteiger partial charge >= 0.3 is 12.2 Å². The SMILES string of the molecule is CCCCOC(=O)N1CCC(N(CCCO)C(=O)OCc2ccccc2)C1. The Balaban J connectivity index is 1.89. The predicted octanol–water partition coefficient (Wildman–Crippen LogP) is 3.02. The number of nitrogens with zero attached hydrogens (tertiary/aromatic N) is 2. The van der Waals surface area contributed by atoms with Crippen molar-refractivity contribution in [3.63, 3.8) is 0 Å². The summed E-state index contributed by atoms with van der Waals surface area (Å²) < 4.78 is 10.7. The third-order valence-electron chi connectivity index (χ3n) is 4.58. The minimum absolute atomic E-state index is 0.00202. The minimum atomic E-state index is -0.418. The zero-order valence-electron chi connectivity index (χ0n) is 16.0. The number of unbranched alkanes of at least 4 members (excludes halogenated alkanes) is 1. The Morgan fingerprint density at radius 2 is 2.00 bits per heavy atom. The molecule has 1 heterocycles. The van der Waals surface area contributed by atoms with Crippen LogP contribution >= 0.6 is 0 Å². The number of aliphatic hydroxyl groups excluding tert-OH is 1. The van der Waals surface area contributed by atoms with Crippen molar-refractivity contribution in [2.45, 2.75) is 45.3 Å². The maximum atomic E-state index is 12.6. The zero-order chi connectivity index (χ0) is 19.5. The van der Waals surface area contributed by atoms with Gasteiger partial charge in [-0.2, -0.15) is 0 Å². The summed E-state index contributed by atoms with van der Waals surface area (Å²) in [6.07, 6.45) is 2.21. The molecule has 1 N–H and O–H groups in total.